The van der Waals surface area contributed by atoms with E-state index in [1.54, 1.807) is 18.2 Å². The molecule has 1 unspecified atom stereocenters. The molecule has 4 nitrogen and oxygen atoms in total. The van der Waals surface area contributed by atoms with Crippen molar-refractivity contribution in [3.63, 3.8) is 0 Å². The Bertz CT molecular complexity index is 673. The summed E-state index contributed by atoms with van der Waals surface area (Å²) in [6.45, 7) is 1.28. The Morgan fingerprint density at radius 3 is 2.61 bits per heavy atom. The minimum Gasteiger partial charge on any atom is -0.391 e. The van der Waals surface area contributed by atoms with Crippen LogP contribution in [-0.2, 0) is 6.18 Å². The van der Waals surface area contributed by atoms with Crippen molar-refractivity contribution in [2.45, 2.75) is 25.1 Å². The van der Waals surface area contributed by atoms with Crippen molar-refractivity contribution < 1.29 is 18.3 Å². The number of aromatic nitrogens is 2. The van der Waals surface area contributed by atoms with Crippen molar-refractivity contribution in [1.29, 1.82) is 0 Å². The van der Waals surface area contributed by atoms with Crippen LogP contribution in [0.2, 0.25) is 0 Å². The molecule has 1 N–H and O–H groups in total. The first kappa shape index (κ1) is 15.7. The molecule has 0 bridgehead atoms. The van der Waals surface area contributed by atoms with E-state index < -0.39 is 11.7 Å². The minimum atomic E-state index is -4.38. The van der Waals surface area contributed by atoms with Crippen LogP contribution >= 0.6 is 0 Å². The topological polar surface area (TPSA) is 49.2 Å². The zero-order valence-corrected chi connectivity index (χ0v) is 12.3. The number of anilines is 1. The summed E-state index contributed by atoms with van der Waals surface area (Å²) in [7, 11) is 0. The number of alkyl halides is 3. The molecule has 122 valence electrons. The smallest absolute Gasteiger partial charge is 0.391 e. The lowest BCUT2D eigenvalue weighted by molar-refractivity contribution is -0.137. The van der Waals surface area contributed by atoms with E-state index in [1.165, 1.54) is 6.07 Å². The number of piperidine rings is 1. The summed E-state index contributed by atoms with van der Waals surface area (Å²) in [4.78, 5) is 1.93. The van der Waals surface area contributed by atoms with E-state index in [0.29, 0.717) is 23.6 Å². The van der Waals surface area contributed by atoms with Crippen LogP contribution in [0.1, 0.15) is 18.4 Å². The second-order valence-corrected chi connectivity index (χ2v) is 5.60. The summed E-state index contributed by atoms with van der Waals surface area (Å²) < 4.78 is 38.3. The van der Waals surface area contributed by atoms with Gasteiger partial charge < -0.3 is 10.0 Å². The van der Waals surface area contributed by atoms with Gasteiger partial charge in [0, 0.05) is 18.7 Å². The van der Waals surface area contributed by atoms with E-state index in [1.807, 2.05) is 4.90 Å². The Labute approximate surface area is 131 Å². The standard InChI is InChI=1S/C16H16F3N3O/c17-16(18,19)12-4-1-3-11(9-12)14-6-7-15(21-20-14)22-8-2-5-13(23)10-22/h1,3-4,6-7,9,13,23H,2,5,8,10H2. The molecule has 23 heavy (non-hydrogen) atoms. The molecule has 2 heterocycles. The molecular weight excluding hydrogens is 307 g/mol. The minimum absolute atomic E-state index is 0.373. The molecule has 1 aliphatic heterocycles. The molecule has 1 saturated heterocycles. The van der Waals surface area contributed by atoms with Gasteiger partial charge in [0.2, 0.25) is 0 Å². The highest BCUT2D eigenvalue weighted by molar-refractivity contribution is 5.61. The average molecular weight is 323 g/mol. The lowest BCUT2D eigenvalue weighted by Gasteiger charge is -2.30. The van der Waals surface area contributed by atoms with Crippen molar-refractivity contribution in [3.8, 4) is 11.3 Å². The summed E-state index contributed by atoms with van der Waals surface area (Å²) in [6, 6.07) is 8.40. The fraction of sp³-hybridized carbons (Fsp3) is 0.375. The highest BCUT2D eigenvalue weighted by Gasteiger charge is 2.30. The summed E-state index contributed by atoms with van der Waals surface area (Å²) in [5.74, 6) is 0.625. The summed E-state index contributed by atoms with van der Waals surface area (Å²) >= 11 is 0. The Morgan fingerprint density at radius 1 is 1.13 bits per heavy atom. The molecule has 0 spiro atoms. The third-order valence-electron chi connectivity index (χ3n) is 3.86. The van der Waals surface area contributed by atoms with Crippen LogP contribution < -0.4 is 4.90 Å². The molecule has 0 radical (unpaired) electrons. The molecule has 7 heteroatoms. The number of hydrogen-bond acceptors (Lipinski definition) is 4. The van der Waals surface area contributed by atoms with Gasteiger partial charge >= 0.3 is 6.18 Å². The predicted octanol–water partition coefficient (Wildman–Crippen LogP) is 3.12. The lowest BCUT2D eigenvalue weighted by Crippen LogP contribution is -2.38. The molecule has 0 aliphatic carbocycles. The largest absolute Gasteiger partial charge is 0.416 e. The molecule has 0 amide bonds. The second-order valence-electron chi connectivity index (χ2n) is 5.60. The normalized spacial score (nSPS) is 19.0. The molecule has 1 atom stereocenters. The average Bonchev–Trinajstić information content (AvgIpc) is 2.54. The molecule has 2 aromatic rings. The highest BCUT2D eigenvalue weighted by atomic mass is 19.4. The van der Waals surface area contributed by atoms with Gasteiger partial charge in [-0.1, -0.05) is 12.1 Å². The van der Waals surface area contributed by atoms with Crippen LogP contribution in [0, 0.1) is 0 Å². The Kier molecular flexibility index (Phi) is 4.21. The molecule has 1 aromatic carbocycles. The lowest BCUT2D eigenvalue weighted by atomic mass is 10.1. The van der Waals surface area contributed by atoms with Crippen molar-refractivity contribution in [1.82, 2.24) is 10.2 Å². The molecule has 1 aliphatic rings. The first-order chi connectivity index (χ1) is 10.9. The zero-order chi connectivity index (χ0) is 16.4. The SMILES string of the molecule is OC1CCCN(c2ccc(-c3cccc(C(F)(F)F)c3)nn2)C1. The number of rotatable bonds is 2. The van der Waals surface area contributed by atoms with Gasteiger partial charge in [0.05, 0.1) is 17.4 Å². The molecule has 0 saturated carbocycles. The number of β-amino-alcohol motifs (C(OH)–C–C–N with tert-alkyl or cyclic N) is 1. The number of aliphatic hydroxyl groups excluding tert-OH is 1. The van der Waals surface area contributed by atoms with Crippen molar-refractivity contribution in [3.05, 3.63) is 42.0 Å². The maximum atomic E-state index is 12.8. The third kappa shape index (κ3) is 3.61. The van der Waals surface area contributed by atoms with Gasteiger partial charge in [-0.2, -0.15) is 13.2 Å². The van der Waals surface area contributed by atoms with Gasteiger partial charge in [0.25, 0.3) is 0 Å². The van der Waals surface area contributed by atoms with Crippen LogP contribution in [0.5, 0.6) is 0 Å². The number of nitrogens with zero attached hydrogens (tertiary/aromatic N) is 3. The third-order valence-corrected chi connectivity index (χ3v) is 3.86. The monoisotopic (exact) mass is 323 g/mol. The van der Waals surface area contributed by atoms with Crippen LogP contribution in [-0.4, -0.2) is 34.5 Å². The Balaban J connectivity index is 1.82. The van der Waals surface area contributed by atoms with Gasteiger partial charge in [0.1, 0.15) is 0 Å². The first-order valence-electron chi connectivity index (χ1n) is 7.38. The van der Waals surface area contributed by atoms with Gasteiger partial charge in [-0.25, -0.2) is 0 Å². The molecule has 1 aromatic heterocycles. The second kappa shape index (κ2) is 6.16. The van der Waals surface area contributed by atoms with Gasteiger partial charge in [0.15, 0.2) is 5.82 Å². The van der Waals surface area contributed by atoms with Crippen LogP contribution in [0.3, 0.4) is 0 Å². The van der Waals surface area contributed by atoms with Gasteiger partial charge in [-0.15, -0.1) is 10.2 Å². The maximum absolute atomic E-state index is 12.8. The molecule has 3 rings (SSSR count). The number of aliphatic hydroxyl groups is 1. The number of benzene rings is 1. The summed E-state index contributed by atoms with van der Waals surface area (Å²) in [5.41, 5.74) is 0.0509. The first-order valence-corrected chi connectivity index (χ1v) is 7.38. The summed E-state index contributed by atoms with van der Waals surface area (Å²) in [6.07, 6.45) is -3.12. The molecule has 1 fully saturated rings. The fourth-order valence-corrected chi connectivity index (χ4v) is 2.67. The van der Waals surface area contributed by atoms with Crippen molar-refractivity contribution in [2.75, 3.05) is 18.0 Å². The van der Waals surface area contributed by atoms with E-state index in [4.69, 9.17) is 0 Å². The predicted molar refractivity (Wildman–Crippen MR) is 79.9 cm³/mol. The Morgan fingerprint density at radius 2 is 1.96 bits per heavy atom. The van der Waals surface area contributed by atoms with E-state index in [2.05, 4.69) is 10.2 Å². The van der Waals surface area contributed by atoms with Crippen molar-refractivity contribution in [2.24, 2.45) is 0 Å². The summed E-state index contributed by atoms with van der Waals surface area (Å²) in [5, 5.41) is 17.8. The van der Waals surface area contributed by atoms with Crippen LogP contribution in [0.15, 0.2) is 36.4 Å². The van der Waals surface area contributed by atoms with E-state index in [-0.39, 0.29) is 6.10 Å². The van der Waals surface area contributed by atoms with E-state index >= 15 is 0 Å². The van der Waals surface area contributed by atoms with Gasteiger partial charge in [-0.05, 0) is 37.1 Å². The van der Waals surface area contributed by atoms with E-state index in [9.17, 15) is 18.3 Å². The highest BCUT2D eigenvalue weighted by Crippen LogP contribution is 2.31. The van der Waals surface area contributed by atoms with Crippen molar-refractivity contribution >= 4 is 5.82 Å². The van der Waals surface area contributed by atoms with Crippen LogP contribution in [0.25, 0.3) is 11.3 Å². The zero-order valence-electron chi connectivity index (χ0n) is 12.3. The fourth-order valence-electron chi connectivity index (χ4n) is 2.67. The maximum Gasteiger partial charge on any atom is 0.416 e. The Hall–Kier alpha value is -2.15. The number of halogens is 3. The quantitative estimate of drug-likeness (QED) is 0.922. The van der Waals surface area contributed by atoms with Crippen LogP contribution in [0.4, 0.5) is 19.0 Å². The van der Waals surface area contributed by atoms with Gasteiger partial charge in [-0.3, -0.25) is 0 Å². The van der Waals surface area contributed by atoms with E-state index in [0.717, 1.165) is 31.5 Å². The number of hydrogen-bond donors (Lipinski definition) is 1. The molecular formula is C16H16F3N3O.